The SMILES string of the molecule is COC[C@H](NC(=O)c1cc(C(N)=O)on1)C(=O)N[C@@H](COC)C(=O)N[C@@H](CC(C)C)C(=O)C1(C)CC1. The van der Waals surface area contributed by atoms with Gasteiger partial charge in [-0.25, -0.2) is 0 Å². The zero-order valence-electron chi connectivity index (χ0n) is 21.2. The Kier molecular flexibility index (Phi) is 10.1. The number of hydrogen-bond acceptors (Lipinski definition) is 9. The number of ketones is 1. The average Bonchev–Trinajstić information content (AvgIpc) is 3.35. The van der Waals surface area contributed by atoms with Gasteiger partial charge in [0.25, 0.3) is 11.8 Å². The number of rotatable bonds is 15. The average molecular weight is 510 g/mol. The predicted octanol–water partition coefficient (Wildman–Crippen LogP) is -0.450. The van der Waals surface area contributed by atoms with Gasteiger partial charge in [-0.15, -0.1) is 0 Å². The van der Waals surface area contributed by atoms with Crippen molar-refractivity contribution in [2.75, 3.05) is 27.4 Å². The first-order valence-corrected chi connectivity index (χ1v) is 11.6. The van der Waals surface area contributed by atoms with E-state index in [2.05, 4.69) is 25.6 Å². The van der Waals surface area contributed by atoms with Crippen LogP contribution in [0.1, 0.15) is 61.1 Å². The molecule has 3 atom stereocenters. The summed E-state index contributed by atoms with van der Waals surface area (Å²) in [5.74, 6) is -3.25. The number of aromatic nitrogens is 1. The number of Topliss-reactive ketones (excluding diaryl/α,β-unsaturated/α-hetero) is 1. The van der Waals surface area contributed by atoms with E-state index in [9.17, 15) is 24.0 Å². The molecule has 13 nitrogen and oxygen atoms in total. The number of ether oxygens (including phenoxy) is 2. The van der Waals surface area contributed by atoms with E-state index in [1.165, 1.54) is 14.2 Å². The summed E-state index contributed by atoms with van der Waals surface area (Å²) in [6, 6.07) is -2.02. The Bertz CT molecular complexity index is 971. The Hall–Kier alpha value is -3.32. The molecule has 13 heteroatoms. The fourth-order valence-corrected chi connectivity index (χ4v) is 3.53. The molecule has 0 aromatic carbocycles. The number of hydrogen-bond donors (Lipinski definition) is 4. The number of primary amides is 1. The molecule has 200 valence electrons. The summed E-state index contributed by atoms with van der Waals surface area (Å²) in [7, 11) is 2.69. The van der Waals surface area contributed by atoms with E-state index in [4.69, 9.17) is 15.2 Å². The molecule has 0 spiro atoms. The van der Waals surface area contributed by atoms with Crippen molar-refractivity contribution in [3.05, 3.63) is 17.5 Å². The zero-order chi connectivity index (χ0) is 27.0. The first kappa shape index (κ1) is 28.9. The van der Waals surface area contributed by atoms with Crippen molar-refractivity contribution in [2.45, 2.75) is 58.2 Å². The van der Waals surface area contributed by atoms with Crippen LogP contribution in [-0.2, 0) is 23.9 Å². The largest absolute Gasteiger partial charge is 0.382 e. The summed E-state index contributed by atoms with van der Waals surface area (Å²) in [6.45, 7) is 5.38. The second-order valence-corrected chi connectivity index (χ2v) is 9.55. The van der Waals surface area contributed by atoms with Gasteiger partial charge in [-0.1, -0.05) is 25.9 Å². The maximum Gasteiger partial charge on any atom is 0.287 e. The van der Waals surface area contributed by atoms with Crippen LogP contribution >= 0.6 is 0 Å². The smallest absolute Gasteiger partial charge is 0.287 e. The van der Waals surface area contributed by atoms with Crippen molar-refractivity contribution < 1.29 is 38.0 Å². The Balaban J connectivity index is 2.10. The summed E-state index contributed by atoms with van der Waals surface area (Å²) in [6.07, 6.45) is 2.01. The Morgan fingerprint density at radius 2 is 1.53 bits per heavy atom. The quantitative estimate of drug-likeness (QED) is 0.242. The van der Waals surface area contributed by atoms with Gasteiger partial charge in [0.05, 0.1) is 19.3 Å². The summed E-state index contributed by atoms with van der Waals surface area (Å²) in [4.78, 5) is 62.6. The summed E-state index contributed by atoms with van der Waals surface area (Å²) < 4.78 is 14.8. The first-order chi connectivity index (χ1) is 16.9. The van der Waals surface area contributed by atoms with Gasteiger partial charge in [0.15, 0.2) is 11.5 Å². The van der Waals surface area contributed by atoms with Gasteiger partial charge in [-0.05, 0) is 25.2 Å². The third-order valence-corrected chi connectivity index (χ3v) is 5.84. The van der Waals surface area contributed by atoms with Gasteiger partial charge in [0.2, 0.25) is 17.6 Å². The van der Waals surface area contributed by atoms with Crippen LogP contribution in [-0.4, -0.2) is 80.1 Å². The van der Waals surface area contributed by atoms with Crippen molar-refractivity contribution >= 4 is 29.4 Å². The molecule has 36 heavy (non-hydrogen) atoms. The van der Waals surface area contributed by atoms with Crippen molar-refractivity contribution in [3.8, 4) is 0 Å². The van der Waals surface area contributed by atoms with Crippen LogP contribution in [0.5, 0.6) is 0 Å². The molecule has 1 fully saturated rings. The van der Waals surface area contributed by atoms with Gasteiger partial charge in [0, 0.05) is 25.7 Å². The van der Waals surface area contributed by atoms with Crippen LogP contribution in [0.15, 0.2) is 10.6 Å². The molecule has 1 aromatic heterocycles. The molecule has 4 amide bonds. The van der Waals surface area contributed by atoms with E-state index < -0.39 is 47.2 Å². The topological polar surface area (TPSA) is 192 Å². The number of nitrogens with zero attached hydrogens (tertiary/aromatic N) is 1. The van der Waals surface area contributed by atoms with E-state index in [1.807, 2.05) is 20.8 Å². The second-order valence-electron chi connectivity index (χ2n) is 9.55. The Morgan fingerprint density at radius 3 is 1.97 bits per heavy atom. The fourth-order valence-electron chi connectivity index (χ4n) is 3.53. The molecule has 5 N–H and O–H groups in total. The first-order valence-electron chi connectivity index (χ1n) is 11.6. The summed E-state index contributed by atoms with van der Waals surface area (Å²) in [5, 5.41) is 11.2. The van der Waals surface area contributed by atoms with E-state index in [-0.39, 0.29) is 36.4 Å². The van der Waals surface area contributed by atoms with E-state index >= 15 is 0 Å². The zero-order valence-corrected chi connectivity index (χ0v) is 21.2. The van der Waals surface area contributed by atoms with Crippen LogP contribution in [0.4, 0.5) is 0 Å². The van der Waals surface area contributed by atoms with Gasteiger partial charge in [-0.2, -0.15) is 0 Å². The third-order valence-electron chi connectivity index (χ3n) is 5.84. The maximum absolute atomic E-state index is 13.1. The lowest BCUT2D eigenvalue weighted by Gasteiger charge is -2.26. The normalized spacial score (nSPS) is 16.5. The highest BCUT2D eigenvalue weighted by Crippen LogP contribution is 2.47. The van der Waals surface area contributed by atoms with Crippen molar-refractivity contribution in [3.63, 3.8) is 0 Å². The van der Waals surface area contributed by atoms with Crippen LogP contribution in [0.3, 0.4) is 0 Å². The number of carbonyl (C=O) groups excluding carboxylic acids is 5. The Labute approximate surface area is 209 Å². The second kappa shape index (κ2) is 12.6. The van der Waals surface area contributed by atoms with Crippen LogP contribution < -0.4 is 21.7 Å². The molecular formula is C23H35N5O8. The standard InChI is InChI=1S/C23H35N5O8/c1-12(2)8-13(18(29)23(3)6-7-23)25-21(32)15(10-34-4)27-22(33)16(11-35-5)26-20(31)14-9-17(19(24)30)36-28-14/h9,12-13,15-16H,6-8,10-11H2,1-5H3,(H2,24,30)(H,25,32)(H,26,31)(H,27,33)/t13-,15-,16-/m0/s1. The minimum Gasteiger partial charge on any atom is -0.382 e. The molecular weight excluding hydrogens is 474 g/mol. The molecule has 0 unspecified atom stereocenters. The van der Waals surface area contributed by atoms with Crippen molar-refractivity contribution in [1.29, 1.82) is 0 Å². The molecule has 1 heterocycles. The molecule has 1 saturated carbocycles. The van der Waals surface area contributed by atoms with Crippen molar-refractivity contribution in [1.82, 2.24) is 21.1 Å². The molecule has 0 radical (unpaired) electrons. The lowest BCUT2D eigenvalue weighted by molar-refractivity contribution is -0.134. The number of methoxy groups -OCH3 is 2. The molecule has 1 aromatic rings. The van der Waals surface area contributed by atoms with Crippen LogP contribution in [0, 0.1) is 11.3 Å². The number of nitrogens with two attached hydrogens (primary N) is 1. The molecule has 0 bridgehead atoms. The summed E-state index contributed by atoms with van der Waals surface area (Å²) in [5.41, 5.74) is 4.38. The molecule has 0 saturated heterocycles. The third kappa shape index (κ3) is 7.85. The van der Waals surface area contributed by atoms with E-state index in [0.29, 0.717) is 6.42 Å². The fraction of sp³-hybridized carbons (Fsp3) is 0.652. The molecule has 0 aliphatic heterocycles. The van der Waals surface area contributed by atoms with Crippen LogP contribution in [0.25, 0.3) is 0 Å². The van der Waals surface area contributed by atoms with Gasteiger partial charge < -0.3 is 35.7 Å². The van der Waals surface area contributed by atoms with Gasteiger partial charge >= 0.3 is 0 Å². The lowest BCUT2D eigenvalue weighted by Crippen LogP contribution is -2.58. The number of amides is 4. The van der Waals surface area contributed by atoms with E-state index in [1.54, 1.807) is 0 Å². The molecule has 1 aliphatic rings. The van der Waals surface area contributed by atoms with Gasteiger partial charge in [-0.3, -0.25) is 24.0 Å². The maximum atomic E-state index is 13.1. The minimum absolute atomic E-state index is 0.0282. The van der Waals surface area contributed by atoms with Crippen LogP contribution in [0.2, 0.25) is 0 Å². The van der Waals surface area contributed by atoms with Gasteiger partial charge in [0.1, 0.15) is 12.1 Å². The highest BCUT2D eigenvalue weighted by molar-refractivity contribution is 6.00. The van der Waals surface area contributed by atoms with E-state index in [0.717, 1.165) is 18.9 Å². The number of nitrogens with one attached hydrogen (secondary N) is 3. The molecule has 2 rings (SSSR count). The van der Waals surface area contributed by atoms with Crippen molar-refractivity contribution in [2.24, 2.45) is 17.1 Å². The predicted molar refractivity (Wildman–Crippen MR) is 126 cm³/mol. The number of carbonyl (C=O) groups is 5. The minimum atomic E-state index is -1.22. The highest BCUT2D eigenvalue weighted by atomic mass is 16.5. The lowest BCUT2D eigenvalue weighted by atomic mass is 9.91. The Morgan fingerprint density at radius 1 is 1.00 bits per heavy atom. The summed E-state index contributed by atoms with van der Waals surface area (Å²) >= 11 is 0. The highest BCUT2D eigenvalue weighted by Gasteiger charge is 2.48. The molecule has 1 aliphatic carbocycles. The monoisotopic (exact) mass is 509 g/mol.